The Balaban J connectivity index is 2.97. The van der Waals surface area contributed by atoms with Crippen LogP contribution in [0.5, 0.6) is 0 Å². The first-order chi connectivity index (χ1) is 4.43. The van der Waals surface area contributed by atoms with E-state index in [-0.39, 0.29) is 0 Å². The molecule has 0 bridgehead atoms. The number of hydrogen-bond donors (Lipinski definition) is 0. The molecule has 0 saturated heterocycles. The Hall–Kier alpha value is -1.40. The Morgan fingerprint density at radius 1 is 1.22 bits per heavy atom. The topological polar surface area (TPSA) is 20.9 Å². The molecule has 1 rings (SSSR count). The van der Waals surface area contributed by atoms with Crippen molar-refractivity contribution in [1.82, 2.24) is 0 Å². The smallest absolute Gasteiger partial charge is 0.227 e. The normalized spacial score (nSPS) is 8.00. The number of nitrogens with zero attached hydrogens (tertiary/aromatic N) is 1. The molecule has 2 heteroatoms. The van der Waals surface area contributed by atoms with Crippen molar-refractivity contribution in [3.63, 3.8) is 0 Å². The van der Waals surface area contributed by atoms with Gasteiger partial charge in [0.1, 0.15) is 0 Å². The summed E-state index contributed by atoms with van der Waals surface area (Å²) in [7, 11) is 0. The summed E-state index contributed by atoms with van der Waals surface area (Å²) in [5.74, 6) is 1.67. The van der Waals surface area contributed by atoms with Crippen molar-refractivity contribution in [1.29, 1.82) is 0 Å². The van der Waals surface area contributed by atoms with Gasteiger partial charge in [0.15, 0.2) is 18.3 Å². The maximum Gasteiger partial charge on any atom is 0.258 e. The van der Waals surface area contributed by atoms with E-state index in [9.17, 15) is 4.79 Å². The van der Waals surface area contributed by atoms with Crippen molar-refractivity contribution in [2.75, 3.05) is 0 Å². The van der Waals surface area contributed by atoms with Crippen LogP contribution in [-0.2, 0) is 4.79 Å². The van der Waals surface area contributed by atoms with E-state index in [1.165, 1.54) is 6.20 Å². The van der Waals surface area contributed by atoms with E-state index in [1.807, 2.05) is 18.2 Å². The van der Waals surface area contributed by atoms with Crippen LogP contribution in [0.2, 0.25) is 0 Å². The van der Waals surface area contributed by atoms with Crippen LogP contribution in [0.25, 0.3) is 6.20 Å². The molecular formula is C7H6NO+. The Morgan fingerprint density at radius 3 is 2.44 bits per heavy atom. The second-order valence-electron chi connectivity index (χ2n) is 1.57. The van der Waals surface area contributed by atoms with Gasteiger partial charge in [0.2, 0.25) is 0 Å². The number of hydrogen-bond acceptors (Lipinski definition) is 1. The van der Waals surface area contributed by atoms with Crippen molar-refractivity contribution < 1.29 is 9.36 Å². The van der Waals surface area contributed by atoms with Crippen molar-refractivity contribution in [2.45, 2.75) is 0 Å². The summed E-state index contributed by atoms with van der Waals surface area (Å²) in [5.41, 5.74) is 0. The van der Waals surface area contributed by atoms with E-state index in [1.54, 1.807) is 22.9 Å². The summed E-state index contributed by atoms with van der Waals surface area (Å²) < 4.78 is 1.63. The minimum absolute atomic E-state index is 1.32. The monoisotopic (exact) mass is 120 g/mol. The molecule has 2 nitrogen and oxygen atoms in total. The lowest BCUT2D eigenvalue weighted by atomic mass is 10.5. The molecule has 1 heterocycles. The van der Waals surface area contributed by atoms with Crippen molar-refractivity contribution in [3.05, 3.63) is 30.6 Å². The number of carbonyl (C=O) groups excluding carboxylic acids is 1. The minimum Gasteiger partial charge on any atom is -0.227 e. The number of pyridine rings is 1. The van der Waals surface area contributed by atoms with Crippen molar-refractivity contribution in [2.24, 2.45) is 0 Å². The molecule has 0 fully saturated rings. The maximum absolute atomic E-state index is 9.77. The Bertz CT molecular complexity index is 224. The van der Waals surface area contributed by atoms with Crippen molar-refractivity contribution >= 4 is 12.1 Å². The van der Waals surface area contributed by atoms with Crippen LogP contribution >= 0.6 is 0 Å². The summed E-state index contributed by atoms with van der Waals surface area (Å²) in [5, 5.41) is 0. The molecule has 0 amide bonds. The van der Waals surface area contributed by atoms with Gasteiger partial charge in [-0.1, -0.05) is 6.07 Å². The van der Waals surface area contributed by atoms with Gasteiger partial charge in [0, 0.05) is 12.1 Å². The van der Waals surface area contributed by atoms with Crippen molar-refractivity contribution in [3.8, 4) is 0 Å². The number of rotatable bonds is 1. The molecule has 0 aliphatic carbocycles. The second kappa shape index (κ2) is 2.80. The molecule has 0 aromatic carbocycles. The molecule has 9 heavy (non-hydrogen) atoms. The molecule has 0 unspecified atom stereocenters. The Morgan fingerprint density at radius 2 is 1.89 bits per heavy atom. The third-order valence-electron chi connectivity index (χ3n) is 0.940. The molecule has 0 spiro atoms. The molecule has 1 aromatic heterocycles. The molecule has 0 aliphatic heterocycles. The average molecular weight is 120 g/mol. The van der Waals surface area contributed by atoms with Crippen LogP contribution in [0.4, 0.5) is 0 Å². The Labute approximate surface area is 53.1 Å². The summed E-state index contributed by atoms with van der Waals surface area (Å²) in [6.07, 6.45) is 4.86. The fraction of sp³-hybridized carbons (Fsp3) is 0. The van der Waals surface area contributed by atoms with Crippen LogP contribution in [0, 0.1) is 0 Å². The summed E-state index contributed by atoms with van der Waals surface area (Å²) in [6.45, 7) is 0. The molecular weight excluding hydrogens is 114 g/mol. The highest BCUT2D eigenvalue weighted by atomic mass is 16.1. The zero-order valence-electron chi connectivity index (χ0n) is 4.82. The molecule has 44 valence electrons. The lowest BCUT2D eigenvalue weighted by Crippen LogP contribution is -2.23. The first kappa shape index (κ1) is 5.73. The van der Waals surface area contributed by atoms with Crippen LogP contribution < -0.4 is 4.57 Å². The SMILES string of the molecule is O=C=C[n+]1ccccc1. The second-order valence-corrected chi connectivity index (χ2v) is 1.57. The standard InChI is InChI=1S/C7H6NO/c9-7-6-8-4-2-1-3-5-8/h1-6H/q+1. The molecule has 0 saturated carbocycles. The van der Waals surface area contributed by atoms with Crippen LogP contribution in [0.15, 0.2) is 30.6 Å². The van der Waals surface area contributed by atoms with Crippen LogP contribution in [0.3, 0.4) is 0 Å². The largest absolute Gasteiger partial charge is 0.258 e. The predicted molar refractivity (Wildman–Crippen MR) is 33.1 cm³/mol. The zero-order valence-corrected chi connectivity index (χ0v) is 4.82. The van der Waals surface area contributed by atoms with Gasteiger partial charge in [-0.05, 0) is 0 Å². The molecule has 1 aromatic rings. The van der Waals surface area contributed by atoms with E-state index >= 15 is 0 Å². The van der Waals surface area contributed by atoms with E-state index in [4.69, 9.17) is 0 Å². The third kappa shape index (κ3) is 1.52. The highest BCUT2D eigenvalue weighted by Crippen LogP contribution is 1.74. The molecule has 0 N–H and O–H groups in total. The highest BCUT2D eigenvalue weighted by molar-refractivity contribution is 5.58. The van der Waals surface area contributed by atoms with Gasteiger partial charge in [-0.3, -0.25) is 0 Å². The van der Waals surface area contributed by atoms with Crippen LogP contribution in [-0.4, -0.2) is 5.94 Å². The van der Waals surface area contributed by atoms with Gasteiger partial charge in [-0.25, -0.2) is 4.79 Å². The first-order valence-electron chi connectivity index (χ1n) is 2.60. The van der Waals surface area contributed by atoms with Gasteiger partial charge in [0.05, 0.1) is 0 Å². The van der Waals surface area contributed by atoms with Gasteiger partial charge in [0.25, 0.3) is 6.20 Å². The Kier molecular flexibility index (Phi) is 1.78. The lowest BCUT2D eigenvalue weighted by molar-refractivity contribution is -0.566. The van der Waals surface area contributed by atoms with Gasteiger partial charge < -0.3 is 0 Å². The first-order valence-corrected chi connectivity index (χ1v) is 2.60. The fourth-order valence-electron chi connectivity index (χ4n) is 0.559. The predicted octanol–water partition coefficient (Wildman–Crippen LogP) is 0.276. The van der Waals surface area contributed by atoms with E-state index in [0.717, 1.165) is 0 Å². The molecule has 0 radical (unpaired) electrons. The van der Waals surface area contributed by atoms with E-state index in [0.29, 0.717) is 0 Å². The summed E-state index contributed by atoms with van der Waals surface area (Å²) in [6, 6.07) is 5.57. The zero-order chi connectivity index (χ0) is 6.53. The van der Waals surface area contributed by atoms with E-state index < -0.39 is 0 Å². The fourth-order valence-corrected chi connectivity index (χ4v) is 0.559. The lowest BCUT2D eigenvalue weighted by Gasteiger charge is -1.78. The van der Waals surface area contributed by atoms with E-state index in [2.05, 4.69) is 0 Å². The third-order valence-corrected chi connectivity index (χ3v) is 0.940. The van der Waals surface area contributed by atoms with Crippen LogP contribution in [0.1, 0.15) is 0 Å². The summed E-state index contributed by atoms with van der Waals surface area (Å²) in [4.78, 5) is 9.77. The molecule has 0 atom stereocenters. The van der Waals surface area contributed by atoms with Gasteiger partial charge in [-0.2, -0.15) is 4.57 Å². The highest BCUT2D eigenvalue weighted by Gasteiger charge is 1.86. The van der Waals surface area contributed by atoms with Gasteiger partial charge >= 0.3 is 0 Å². The summed E-state index contributed by atoms with van der Waals surface area (Å²) >= 11 is 0. The average Bonchev–Trinajstić information content (AvgIpc) is 1.91. The minimum atomic E-state index is 1.32. The molecule has 0 aliphatic rings. The maximum atomic E-state index is 9.77. The quantitative estimate of drug-likeness (QED) is 0.385. The number of aromatic nitrogens is 1. The van der Waals surface area contributed by atoms with Gasteiger partial charge in [-0.15, -0.1) is 0 Å².